The van der Waals surface area contributed by atoms with Crippen molar-refractivity contribution in [3.05, 3.63) is 95.0 Å². The Morgan fingerprint density at radius 3 is 2.45 bits per heavy atom. The highest BCUT2D eigenvalue weighted by atomic mass is 35.5. The molecule has 3 aromatic rings. The molecule has 2 amide bonds. The normalized spacial score (nSPS) is 13.8. The smallest absolute Gasteiger partial charge is 0.258 e. The van der Waals surface area contributed by atoms with Gasteiger partial charge in [-0.05, 0) is 54.3 Å². The van der Waals surface area contributed by atoms with Crippen LogP contribution in [0.5, 0.6) is 5.75 Å². The standard InChI is InChI=1S/C25H23ClN2O3/c26-20-12-14-21(15-13-20)31-17-23(29)27-24(19-8-2-1-3-9-19)25(30)28-16-6-10-18-7-4-5-11-22(18)28/h1-5,7-9,11-15,24H,6,10,16-17H2,(H,27,29)/t24-/m1/s1. The van der Waals surface area contributed by atoms with Gasteiger partial charge in [0.2, 0.25) is 0 Å². The minimum Gasteiger partial charge on any atom is -0.484 e. The first-order valence-electron chi connectivity index (χ1n) is 10.2. The maximum absolute atomic E-state index is 13.6. The van der Waals surface area contributed by atoms with Gasteiger partial charge in [-0.3, -0.25) is 9.59 Å². The summed E-state index contributed by atoms with van der Waals surface area (Å²) in [6.07, 6.45) is 1.83. The lowest BCUT2D eigenvalue weighted by Crippen LogP contribution is -2.46. The molecule has 158 valence electrons. The van der Waals surface area contributed by atoms with Crippen LogP contribution in [0.3, 0.4) is 0 Å². The molecule has 1 atom stereocenters. The Kier molecular flexibility index (Phi) is 6.53. The van der Waals surface area contributed by atoms with Gasteiger partial charge >= 0.3 is 0 Å². The molecule has 1 N–H and O–H groups in total. The van der Waals surface area contributed by atoms with Crippen molar-refractivity contribution in [2.24, 2.45) is 0 Å². The predicted molar refractivity (Wildman–Crippen MR) is 121 cm³/mol. The molecular formula is C25H23ClN2O3. The molecule has 0 fully saturated rings. The number of benzene rings is 3. The molecule has 6 heteroatoms. The largest absolute Gasteiger partial charge is 0.484 e. The highest BCUT2D eigenvalue weighted by Gasteiger charge is 2.30. The average molecular weight is 435 g/mol. The zero-order valence-corrected chi connectivity index (χ0v) is 17.7. The number of carbonyl (C=O) groups excluding carboxylic acids is 2. The van der Waals surface area contributed by atoms with Crippen LogP contribution in [0.25, 0.3) is 0 Å². The van der Waals surface area contributed by atoms with Crippen LogP contribution in [0.2, 0.25) is 5.02 Å². The summed E-state index contributed by atoms with van der Waals surface area (Å²) in [6.45, 7) is 0.422. The van der Waals surface area contributed by atoms with E-state index in [2.05, 4.69) is 5.32 Å². The number of carbonyl (C=O) groups is 2. The second-order valence-electron chi connectivity index (χ2n) is 7.38. The van der Waals surface area contributed by atoms with Gasteiger partial charge in [-0.15, -0.1) is 0 Å². The summed E-state index contributed by atoms with van der Waals surface area (Å²) < 4.78 is 5.55. The number of hydrogen-bond donors (Lipinski definition) is 1. The molecule has 0 spiro atoms. The van der Waals surface area contributed by atoms with Gasteiger partial charge in [0, 0.05) is 17.3 Å². The van der Waals surface area contributed by atoms with E-state index >= 15 is 0 Å². The Bertz CT molecular complexity index is 1050. The number of para-hydroxylation sites is 1. The number of fused-ring (bicyclic) bond motifs is 1. The second kappa shape index (κ2) is 9.67. The lowest BCUT2D eigenvalue weighted by molar-refractivity contribution is -0.129. The maximum Gasteiger partial charge on any atom is 0.258 e. The van der Waals surface area contributed by atoms with E-state index in [0.717, 1.165) is 29.7 Å². The minimum absolute atomic E-state index is 0.154. The highest BCUT2D eigenvalue weighted by Crippen LogP contribution is 2.29. The molecule has 0 saturated carbocycles. The quantitative estimate of drug-likeness (QED) is 0.619. The van der Waals surface area contributed by atoms with Crippen molar-refractivity contribution in [1.82, 2.24) is 5.32 Å². The van der Waals surface area contributed by atoms with E-state index in [4.69, 9.17) is 16.3 Å². The molecule has 1 aliphatic heterocycles. The third-order valence-electron chi connectivity index (χ3n) is 5.25. The summed E-state index contributed by atoms with van der Waals surface area (Å²) in [6, 6.07) is 23.2. The Balaban J connectivity index is 1.52. The molecular weight excluding hydrogens is 412 g/mol. The fourth-order valence-corrected chi connectivity index (χ4v) is 3.86. The van der Waals surface area contributed by atoms with Gasteiger partial charge < -0.3 is 15.0 Å². The van der Waals surface area contributed by atoms with Crippen LogP contribution in [0, 0.1) is 0 Å². The van der Waals surface area contributed by atoms with Crippen LogP contribution >= 0.6 is 11.6 Å². The van der Waals surface area contributed by atoms with Crippen molar-refractivity contribution in [2.45, 2.75) is 18.9 Å². The number of aryl methyl sites for hydroxylation is 1. The Labute approximate surface area is 186 Å². The molecule has 0 bridgehead atoms. The number of hydrogen-bond acceptors (Lipinski definition) is 3. The van der Waals surface area contributed by atoms with Gasteiger partial charge in [-0.2, -0.15) is 0 Å². The van der Waals surface area contributed by atoms with Gasteiger partial charge in [-0.1, -0.05) is 60.1 Å². The second-order valence-corrected chi connectivity index (χ2v) is 7.81. The predicted octanol–water partition coefficient (Wildman–Crippen LogP) is 4.56. The number of ether oxygens (including phenoxy) is 1. The van der Waals surface area contributed by atoms with E-state index in [1.807, 2.05) is 54.6 Å². The average Bonchev–Trinajstić information content (AvgIpc) is 2.82. The highest BCUT2D eigenvalue weighted by molar-refractivity contribution is 6.30. The summed E-state index contributed by atoms with van der Waals surface area (Å²) >= 11 is 5.88. The Morgan fingerprint density at radius 1 is 0.968 bits per heavy atom. The lowest BCUT2D eigenvalue weighted by atomic mass is 9.99. The summed E-state index contributed by atoms with van der Waals surface area (Å²) in [4.78, 5) is 28.0. The molecule has 31 heavy (non-hydrogen) atoms. The van der Waals surface area contributed by atoms with Gasteiger partial charge in [0.25, 0.3) is 11.8 Å². The number of nitrogens with zero attached hydrogens (tertiary/aromatic N) is 1. The van der Waals surface area contributed by atoms with Crippen molar-refractivity contribution >= 4 is 29.1 Å². The number of nitrogens with one attached hydrogen (secondary N) is 1. The summed E-state index contributed by atoms with van der Waals surface area (Å²) in [5.74, 6) is 0.00716. The van der Waals surface area contributed by atoms with Gasteiger partial charge in [0.05, 0.1) is 0 Å². The van der Waals surface area contributed by atoms with Crippen LogP contribution in [0.15, 0.2) is 78.9 Å². The van der Waals surface area contributed by atoms with Crippen molar-refractivity contribution in [3.63, 3.8) is 0 Å². The zero-order chi connectivity index (χ0) is 21.6. The monoisotopic (exact) mass is 434 g/mol. The first kappa shape index (κ1) is 20.9. The number of amides is 2. The van der Waals surface area contributed by atoms with E-state index < -0.39 is 6.04 Å². The van der Waals surface area contributed by atoms with Crippen LogP contribution in [0.4, 0.5) is 5.69 Å². The fourth-order valence-electron chi connectivity index (χ4n) is 3.73. The molecule has 1 heterocycles. The molecule has 0 aromatic heterocycles. The van der Waals surface area contributed by atoms with Crippen LogP contribution in [0.1, 0.15) is 23.6 Å². The third kappa shape index (κ3) is 5.06. The van der Waals surface area contributed by atoms with Crippen molar-refractivity contribution in [2.75, 3.05) is 18.1 Å². The molecule has 0 saturated heterocycles. The minimum atomic E-state index is -0.798. The third-order valence-corrected chi connectivity index (χ3v) is 5.50. The van der Waals surface area contributed by atoms with Crippen molar-refractivity contribution in [1.29, 1.82) is 0 Å². The molecule has 0 radical (unpaired) electrons. The lowest BCUT2D eigenvalue weighted by Gasteiger charge is -2.32. The van der Waals surface area contributed by atoms with E-state index in [1.165, 1.54) is 0 Å². The Hall–Kier alpha value is -3.31. The number of anilines is 1. The summed E-state index contributed by atoms with van der Waals surface area (Å²) in [5.41, 5.74) is 2.79. The number of rotatable bonds is 6. The molecule has 4 rings (SSSR count). The zero-order valence-electron chi connectivity index (χ0n) is 17.0. The maximum atomic E-state index is 13.6. The van der Waals surface area contributed by atoms with Gasteiger partial charge in [0.15, 0.2) is 6.61 Å². The van der Waals surface area contributed by atoms with E-state index in [0.29, 0.717) is 17.3 Å². The summed E-state index contributed by atoms with van der Waals surface area (Å²) in [5, 5.41) is 3.45. The van der Waals surface area contributed by atoms with E-state index in [1.54, 1.807) is 29.2 Å². The fraction of sp³-hybridized carbons (Fsp3) is 0.200. The van der Waals surface area contributed by atoms with E-state index in [-0.39, 0.29) is 18.4 Å². The van der Waals surface area contributed by atoms with Gasteiger partial charge in [0.1, 0.15) is 11.8 Å². The molecule has 5 nitrogen and oxygen atoms in total. The van der Waals surface area contributed by atoms with Crippen LogP contribution < -0.4 is 15.0 Å². The molecule has 0 unspecified atom stereocenters. The molecule has 3 aromatic carbocycles. The van der Waals surface area contributed by atoms with Crippen molar-refractivity contribution < 1.29 is 14.3 Å². The first-order valence-corrected chi connectivity index (χ1v) is 10.6. The Morgan fingerprint density at radius 2 is 1.68 bits per heavy atom. The van der Waals surface area contributed by atoms with E-state index in [9.17, 15) is 9.59 Å². The SMILES string of the molecule is O=C(COc1ccc(Cl)cc1)N[C@@H](C(=O)N1CCCc2ccccc21)c1ccccc1. The van der Waals surface area contributed by atoms with Crippen LogP contribution in [-0.4, -0.2) is 25.0 Å². The van der Waals surface area contributed by atoms with Gasteiger partial charge in [-0.25, -0.2) is 0 Å². The topological polar surface area (TPSA) is 58.6 Å². The summed E-state index contributed by atoms with van der Waals surface area (Å²) in [7, 11) is 0. The van der Waals surface area contributed by atoms with Crippen LogP contribution in [-0.2, 0) is 16.0 Å². The molecule has 0 aliphatic carbocycles. The molecule has 1 aliphatic rings. The number of halogens is 1. The van der Waals surface area contributed by atoms with Crippen molar-refractivity contribution in [3.8, 4) is 5.75 Å². The first-order chi connectivity index (χ1) is 15.1.